The Morgan fingerprint density at radius 1 is 1.25 bits per heavy atom. The van der Waals surface area contributed by atoms with E-state index in [1.807, 2.05) is 6.92 Å². The van der Waals surface area contributed by atoms with E-state index in [4.69, 9.17) is 23.2 Å². The second-order valence-corrected chi connectivity index (χ2v) is 7.14. The van der Waals surface area contributed by atoms with Crippen molar-refractivity contribution in [2.75, 3.05) is 5.32 Å². The molecule has 0 radical (unpaired) electrons. The number of amides is 1. The monoisotopic (exact) mass is 363 g/mol. The zero-order valence-electron chi connectivity index (χ0n) is 13.6. The summed E-state index contributed by atoms with van der Waals surface area (Å²) in [4.78, 5) is 12.5. The van der Waals surface area contributed by atoms with Crippen LogP contribution < -0.4 is 10.6 Å². The Morgan fingerprint density at radius 2 is 2.04 bits per heavy atom. The number of carbonyl (C=O) groups is 1. The minimum absolute atomic E-state index is 0.0534. The molecule has 0 fully saturated rings. The topological polar surface area (TPSA) is 45.7 Å². The maximum absolute atomic E-state index is 12.5. The van der Waals surface area contributed by atoms with E-state index in [1.165, 1.54) is 11.1 Å². The van der Waals surface area contributed by atoms with E-state index in [9.17, 15) is 4.79 Å². The van der Waals surface area contributed by atoms with E-state index in [2.05, 4.69) is 34.9 Å². The molecule has 0 bridgehead atoms. The van der Waals surface area contributed by atoms with Crippen LogP contribution in [0.1, 0.15) is 36.9 Å². The molecule has 0 saturated heterocycles. The number of aryl methyl sites for hydroxylation is 1. The summed E-state index contributed by atoms with van der Waals surface area (Å²) >= 11 is 12.0. The molecule has 3 N–H and O–H groups in total. The molecular formula is C19H21Cl2N2O+. The van der Waals surface area contributed by atoms with E-state index in [-0.39, 0.29) is 11.9 Å². The van der Waals surface area contributed by atoms with Crippen LogP contribution >= 0.6 is 23.2 Å². The molecule has 0 aromatic heterocycles. The first-order chi connectivity index (χ1) is 11.5. The second kappa shape index (κ2) is 7.56. The first-order valence-electron chi connectivity index (χ1n) is 8.23. The van der Waals surface area contributed by atoms with Gasteiger partial charge in [0.05, 0.1) is 10.7 Å². The van der Waals surface area contributed by atoms with Crippen LogP contribution in [-0.2, 0) is 11.2 Å². The third-order valence-corrected chi connectivity index (χ3v) is 5.09. The molecule has 2 aromatic rings. The van der Waals surface area contributed by atoms with Crippen molar-refractivity contribution in [1.29, 1.82) is 0 Å². The number of halogens is 2. The molecule has 5 heteroatoms. The standard InChI is InChI=1S/C19H20Cl2N2O/c1-12(19(24)23-18-10-9-14(20)11-16(18)21)22-17-8-4-6-13-5-2-3-7-15(13)17/h2-3,5,7,9-12,17,22H,4,6,8H2,1H3,(H,23,24)/p+1/t12-,17+/m1/s1. The van der Waals surface area contributed by atoms with Gasteiger partial charge in [-0.1, -0.05) is 47.5 Å². The van der Waals surface area contributed by atoms with Crippen molar-refractivity contribution >= 4 is 34.8 Å². The van der Waals surface area contributed by atoms with Crippen LogP contribution in [0.5, 0.6) is 0 Å². The predicted molar refractivity (Wildman–Crippen MR) is 98.6 cm³/mol. The number of quaternary nitrogens is 1. The van der Waals surface area contributed by atoms with Crippen molar-refractivity contribution < 1.29 is 10.1 Å². The van der Waals surface area contributed by atoms with E-state index >= 15 is 0 Å². The van der Waals surface area contributed by atoms with E-state index in [0.29, 0.717) is 21.8 Å². The summed E-state index contributed by atoms with van der Waals surface area (Å²) in [5.74, 6) is -0.0534. The summed E-state index contributed by atoms with van der Waals surface area (Å²) in [6.45, 7) is 1.93. The molecule has 2 aromatic carbocycles. The van der Waals surface area contributed by atoms with Gasteiger partial charge in [0.15, 0.2) is 6.04 Å². The van der Waals surface area contributed by atoms with E-state index in [0.717, 1.165) is 19.3 Å². The van der Waals surface area contributed by atoms with Gasteiger partial charge in [0.1, 0.15) is 6.04 Å². The molecule has 3 nitrogen and oxygen atoms in total. The van der Waals surface area contributed by atoms with Crippen LogP contribution in [0.15, 0.2) is 42.5 Å². The second-order valence-electron chi connectivity index (χ2n) is 6.29. The van der Waals surface area contributed by atoms with Crippen molar-refractivity contribution in [3.05, 3.63) is 63.6 Å². The largest absolute Gasteiger partial charge is 0.330 e. The lowest BCUT2D eigenvalue weighted by atomic mass is 9.87. The van der Waals surface area contributed by atoms with Gasteiger partial charge in [-0.15, -0.1) is 0 Å². The number of carbonyl (C=O) groups excluding carboxylic acids is 1. The van der Waals surface area contributed by atoms with Crippen LogP contribution in [0.3, 0.4) is 0 Å². The van der Waals surface area contributed by atoms with Crippen molar-refractivity contribution in [2.45, 2.75) is 38.3 Å². The summed E-state index contributed by atoms with van der Waals surface area (Å²) in [5, 5.41) is 6.04. The maximum Gasteiger partial charge on any atom is 0.282 e. The zero-order chi connectivity index (χ0) is 17.1. The predicted octanol–water partition coefficient (Wildman–Crippen LogP) is 3.96. The SMILES string of the molecule is C[C@@H]([NH2+][C@H]1CCCc2ccccc21)C(=O)Nc1ccc(Cl)cc1Cl. The van der Waals surface area contributed by atoms with Gasteiger partial charge < -0.3 is 10.6 Å². The number of nitrogens with one attached hydrogen (secondary N) is 1. The molecule has 0 heterocycles. The number of benzene rings is 2. The van der Waals surface area contributed by atoms with Gasteiger partial charge in [-0.05, 0) is 43.5 Å². The molecule has 3 rings (SSSR count). The molecule has 1 aliphatic carbocycles. The van der Waals surface area contributed by atoms with Gasteiger partial charge in [0.2, 0.25) is 0 Å². The minimum atomic E-state index is -0.201. The Kier molecular flexibility index (Phi) is 5.44. The quantitative estimate of drug-likeness (QED) is 0.848. The van der Waals surface area contributed by atoms with Crippen LogP contribution in [-0.4, -0.2) is 11.9 Å². The molecule has 24 heavy (non-hydrogen) atoms. The van der Waals surface area contributed by atoms with Crippen molar-refractivity contribution in [3.8, 4) is 0 Å². The molecular weight excluding hydrogens is 343 g/mol. The highest BCUT2D eigenvalue weighted by molar-refractivity contribution is 6.36. The number of hydrogen-bond donors (Lipinski definition) is 2. The average molecular weight is 364 g/mol. The highest BCUT2D eigenvalue weighted by Gasteiger charge is 2.27. The van der Waals surface area contributed by atoms with Gasteiger partial charge in [-0.2, -0.15) is 0 Å². The lowest BCUT2D eigenvalue weighted by Gasteiger charge is -2.26. The highest BCUT2D eigenvalue weighted by atomic mass is 35.5. The third kappa shape index (κ3) is 3.92. The number of fused-ring (bicyclic) bond motifs is 1. The fourth-order valence-electron chi connectivity index (χ4n) is 3.26. The number of hydrogen-bond acceptors (Lipinski definition) is 1. The first kappa shape index (κ1) is 17.3. The Hall–Kier alpha value is -1.55. The van der Waals surface area contributed by atoms with Crippen molar-refractivity contribution in [1.82, 2.24) is 0 Å². The van der Waals surface area contributed by atoms with Gasteiger partial charge in [0, 0.05) is 17.0 Å². The maximum atomic E-state index is 12.5. The fourth-order valence-corrected chi connectivity index (χ4v) is 3.72. The molecule has 0 saturated carbocycles. The number of anilines is 1. The number of rotatable bonds is 4. The average Bonchev–Trinajstić information content (AvgIpc) is 2.57. The molecule has 1 aliphatic rings. The van der Waals surface area contributed by atoms with E-state index < -0.39 is 0 Å². The zero-order valence-corrected chi connectivity index (χ0v) is 15.1. The summed E-state index contributed by atoms with van der Waals surface area (Å²) in [7, 11) is 0. The molecule has 2 atom stereocenters. The van der Waals surface area contributed by atoms with Crippen LogP contribution in [0.25, 0.3) is 0 Å². The Labute approximate surface area is 152 Å². The highest BCUT2D eigenvalue weighted by Crippen LogP contribution is 2.27. The molecule has 0 spiro atoms. The lowest BCUT2D eigenvalue weighted by molar-refractivity contribution is -0.714. The summed E-state index contributed by atoms with van der Waals surface area (Å²) in [6, 6.07) is 13.7. The van der Waals surface area contributed by atoms with E-state index in [1.54, 1.807) is 18.2 Å². The summed E-state index contributed by atoms with van der Waals surface area (Å²) < 4.78 is 0. The lowest BCUT2D eigenvalue weighted by Crippen LogP contribution is -2.92. The smallest absolute Gasteiger partial charge is 0.282 e. The minimum Gasteiger partial charge on any atom is -0.330 e. The fraction of sp³-hybridized carbons (Fsp3) is 0.316. The normalized spacial score (nSPS) is 17.9. The molecule has 0 unspecified atom stereocenters. The molecule has 0 aliphatic heterocycles. The summed E-state index contributed by atoms with van der Waals surface area (Å²) in [6.07, 6.45) is 3.38. The van der Waals surface area contributed by atoms with Crippen LogP contribution in [0.4, 0.5) is 5.69 Å². The summed E-state index contributed by atoms with van der Waals surface area (Å²) in [5.41, 5.74) is 3.35. The third-order valence-electron chi connectivity index (χ3n) is 4.54. The van der Waals surface area contributed by atoms with Gasteiger partial charge in [-0.3, -0.25) is 4.79 Å². The number of nitrogens with two attached hydrogens (primary N) is 1. The van der Waals surface area contributed by atoms with Crippen LogP contribution in [0.2, 0.25) is 10.0 Å². The Bertz CT molecular complexity index is 748. The molecule has 1 amide bonds. The first-order valence-corrected chi connectivity index (χ1v) is 8.99. The van der Waals surface area contributed by atoms with Gasteiger partial charge in [-0.25, -0.2) is 0 Å². The van der Waals surface area contributed by atoms with Gasteiger partial charge >= 0.3 is 0 Å². The Balaban J connectivity index is 1.67. The Morgan fingerprint density at radius 3 is 2.83 bits per heavy atom. The molecule has 126 valence electrons. The van der Waals surface area contributed by atoms with Gasteiger partial charge in [0.25, 0.3) is 5.91 Å². The van der Waals surface area contributed by atoms with Crippen molar-refractivity contribution in [2.24, 2.45) is 0 Å². The van der Waals surface area contributed by atoms with Crippen molar-refractivity contribution in [3.63, 3.8) is 0 Å². The van der Waals surface area contributed by atoms with Crippen LogP contribution in [0, 0.1) is 0 Å².